The lowest BCUT2D eigenvalue weighted by molar-refractivity contribution is 0.363. The summed E-state index contributed by atoms with van der Waals surface area (Å²) in [4.78, 5) is 8.13. The van der Waals surface area contributed by atoms with Crippen molar-refractivity contribution in [3.8, 4) is 0 Å². The summed E-state index contributed by atoms with van der Waals surface area (Å²) in [5.74, 6) is 1.29. The maximum Gasteiger partial charge on any atom is 0.244 e. The lowest BCUT2D eigenvalue weighted by Crippen LogP contribution is -2.34. The number of aromatic nitrogens is 3. The van der Waals surface area contributed by atoms with E-state index in [0.29, 0.717) is 11.0 Å². The third kappa shape index (κ3) is 3.16. The van der Waals surface area contributed by atoms with Crippen molar-refractivity contribution < 1.29 is 8.42 Å². The molecular weight excluding hydrogens is 370 g/mol. The van der Waals surface area contributed by atoms with Crippen molar-refractivity contribution in [1.82, 2.24) is 19.3 Å². The van der Waals surface area contributed by atoms with Crippen LogP contribution < -0.4 is 10.5 Å². The van der Waals surface area contributed by atoms with E-state index in [4.69, 9.17) is 5.73 Å². The normalized spacial score (nSPS) is 18.1. The van der Waals surface area contributed by atoms with Crippen LogP contribution in [0.1, 0.15) is 12.2 Å². The van der Waals surface area contributed by atoms with Crippen LogP contribution in [-0.4, -0.2) is 29.5 Å². The van der Waals surface area contributed by atoms with Crippen LogP contribution in [0.3, 0.4) is 0 Å². The van der Waals surface area contributed by atoms with E-state index in [2.05, 4.69) is 35.2 Å². The predicted molar refractivity (Wildman–Crippen MR) is 85.6 cm³/mol. The number of aryl methyl sites for hydroxylation is 1. The summed E-state index contributed by atoms with van der Waals surface area (Å²) in [7, 11) is -3.67. The maximum atomic E-state index is 12.4. The minimum Gasteiger partial charge on any atom is -0.383 e. The number of nitrogen functional groups attached to an aromatic ring is 1. The third-order valence-corrected chi connectivity index (χ3v) is 5.62. The standard InChI is InChI=1S/C13H16BrN5O2S/c14-10-5-11(13(15)17-7-10)22(20,21)18-6-9-1-2-12-16-3-4-19(12)8-9/h3-5,7,9,18H,1-2,6,8H2,(H2,15,17)/t9-/m0/s1. The first kappa shape index (κ1) is 15.4. The van der Waals surface area contributed by atoms with Crippen LogP contribution in [0.4, 0.5) is 5.82 Å². The predicted octanol–water partition coefficient (Wildman–Crippen LogP) is 1.16. The Labute approximate surface area is 137 Å². The Bertz CT molecular complexity index is 789. The largest absolute Gasteiger partial charge is 0.383 e. The number of rotatable bonds is 4. The summed E-state index contributed by atoms with van der Waals surface area (Å²) >= 11 is 3.21. The lowest BCUT2D eigenvalue weighted by Gasteiger charge is -2.24. The first-order valence-electron chi connectivity index (χ1n) is 6.86. The second-order valence-electron chi connectivity index (χ2n) is 5.29. The topological polar surface area (TPSA) is 103 Å². The van der Waals surface area contributed by atoms with Crippen molar-refractivity contribution in [1.29, 1.82) is 0 Å². The van der Waals surface area contributed by atoms with E-state index in [1.54, 1.807) is 6.20 Å². The molecule has 0 amide bonds. The van der Waals surface area contributed by atoms with Crippen LogP contribution in [0.25, 0.3) is 0 Å². The minimum atomic E-state index is -3.67. The minimum absolute atomic E-state index is 0.000930. The number of pyridine rings is 1. The molecule has 3 N–H and O–H groups in total. The van der Waals surface area contributed by atoms with Crippen molar-refractivity contribution in [3.05, 3.63) is 35.0 Å². The fourth-order valence-corrected chi connectivity index (χ4v) is 4.26. The van der Waals surface area contributed by atoms with Gasteiger partial charge in [-0.3, -0.25) is 0 Å². The molecule has 9 heteroatoms. The second kappa shape index (κ2) is 5.98. The van der Waals surface area contributed by atoms with Crippen LogP contribution in [0.5, 0.6) is 0 Å². The van der Waals surface area contributed by atoms with E-state index in [1.165, 1.54) is 12.3 Å². The molecule has 1 aliphatic heterocycles. The maximum absolute atomic E-state index is 12.4. The van der Waals surface area contributed by atoms with E-state index in [-0.39, 0.29) is 16.6 Å². The Balaban J connectivity index is 1.69. The molecule has 22 heavy (non-hydrogen) atoms. The highest BCUT2D eigenvalue weighted by Crippen LogP contribution is 2.22. The van der Waals surface area contributed by atoms with Gasteiger partial charge >= 0.3 is 0 Å². The number of sulfonamides is 1. The van der Waals surface area contributed by atoms with Crippen LogP contribution in [0.15, 0.2) is 34.0 Å². The number of nitrogens with two attached hydrogens (primary N) is 1. The number of hydrogen-bond acceptors (Lipinski definition) is 5. The number of nitrogens with one attached hydrogen (secondary N) is 1. The third-order valence-electron chi connectivity index (χ3n) is 3.73. The highest BCUT2D eigenvalue weighted by atomic mass is 79.9. The van der Waals surface area contributed by atoms with Crippen LogP contribution in [-0.2, 0) is 23.0 Å². The van der Waals surface area contributed by atoms with Gasteiger partial charge in [0.1, 0.15) is 16.5 Å². The molecule has 0 spiro atoms. The van der Waals surface area contributed by atoms with Gasteiger partial charge in [0.25, 0.3) is 0 Å². The van der Waals surface area contributed by atoms with E-state index in [0.717, 1.165) is 25.2 Å². The number of anilines is 1. The van der Waals surface area contributed by atoms with Gasteiger partial charge in [-0.1, -0.05) is 0 Å². The quantitative estimate of drug-likeness (QED) is 0.821. The molecule has 0 bridgehead atoms. The van der Waals surface area contributed by atoms with Gasteiger partial charge < -0.3 is 10.3 Å². The van der Waals surface area contributed by atoms with E-state index >= 15 is 0 Å². The average molecular weight is 386 g/mol. The molecule has 1 atom stereocenters. The Hall–Kier alpha value is -1.45. The molecule has 3 rings (SSSR count). The van der Waals surface area contributed by atoms with E-state index in [9.17, 15) is 8.42 Å². The molecule has 2 aromatic rings. The van der Waals surface area contributed by atoms with Crippen LogP contribution in [0.2, 0.25) is 0 Å². The fraction of sp³-hybridized carbons (Fsp3) is 0.385. The van der Waals surface area contributed by atoms with Gasteiger partial charge in [0.15, 0.2) is 0 Å². The molecule has 7 nitrogen and oxygen atoms in total. The SMILES string of the molecule is Nc1ncc(Br)cc1S(=O)(=O)NC[C@@H]1CCc2nccn2C1. The summed E-state index contributed by atoms with van der Waals surface area (Å²) in [5.41, 5.74) is 5.67. The van der Waals surface area contributed by atoms with Crippen molar-refractivity contribution in [2.45, 2.75) is 24.3 Å². The van der Waals surface area contributed by atoms with Gasteiger partial charge in [0, 0.05) is 42.6 Å². The molecule has 2 aromatic heterocycles. The summed E-state index contributed by atoms with van der Waals surface area (Å²) < 4.78 is 30.0. The molecule has 3 heterocycles. The zero-order valence-electron chi connectivity index (χ0n) is 11.7. The second-order valence-corrected chi connectivity index (χ2v) is 7.94. The number of halogens is 1. The number of nitrogens with zero attached hydrogens (tertiary/aromatic N) is 3. The van der Waals surface area contributed by atoms with Crippen molar-refractivity contribution in [3.63, 3.8) is 0 Å². The van der Waals surface area contributed by atoms with Crippen LogP contribution in [0, 0.1) is 5.92 Å². The Morgan fingerprint density at radius 2 is 2.27 bits per heavy atom. The van der Waals surface area contributed by atoms with Gasteiger partial charge in [0.2, 0.25) is 10.0 Å². The zero-order chi connectivity index (χ0) is 15.7. The van der Waals surface area contributed by atoms with Gasteiger partial charge in [-0.15, -0.1) is 0 Å². The Kier molecular flexibility index (Phi) is 4.20. The van der Waals surface area contributed by atoms with Gasteiger partial charge in [-0.25, -0.2) is 23.1 Å². The molecule has 0 aliphatic carbocycles. The van der Waals surface area contributed by atoms with Crippen molar-refractivity contribution >= 4 is 31.8 Å². The van der Waals surface area contributed by atoms with Gasteiger partial charge in [0.05, 0.1) is 0 Å². The molecule has 1 aliphatic rings. The highest BCUT2D eigenvalue weighted by molar-refractivity contribution is 9.10. The molecule has 0 aromatic carbocycles. The van der Waals surface area contributed by atoms with E-state index in [1.807, 2.05) is 6.20 Å². The zero-order valence-corrected chi connectivity index (χ0v) is 14.1. The van der Waals surface area contributed by atoms with E-state index < -0.39 is 10.0 Å². The summed E-state index contributed by atoms with van der Waals surface area (Å²) in [5, 5.41) is 0. The molecule has 118 valence electrons. The number of hydrogen-bond donors (Lipinski definition) is 2. The lowest BCUT2D eigenvalue weighted by atomic mass is 10.00. The first-order valence-corrected chi connectivity index (χ1v) is 9.14. The van der Waals surface area contributed by atoms with Crippen LogP contribution >= 0.6 is 15.9 Å². The molecule has 0 unspecified atom stereocenters. The molecule has 0 saturated heterocycles. The molecule has 0 saturated carbocycles. The summed E-state index contributed by atoms with van der Waals surface area (Å²) in [6.45, 7) is 1.13. The Morgan fingerprint density at radius 3 is 3.09 bits per heavy atom. The number of imidazole rings is 1. The molecule has 0 fully saturated rings. The van der Waals surface area contributed by atoms with Crippen molar-refractivity contribution in [2.75, 3.05) is 12.3 Å². The summed E-state index contributed by atoms with van der Waals surface area (Å²) in [6.07, 6.45) is 6.93. The first-order chi connectivity index (χ1) is 10.5. The number of fused-ring (bicyclic) bond motifs is 1. The Morgan fingerprint density at radius 1 is 1.45 bits per heavy atom. The average Bonchev–Trinajstić information content (AvgIpc) is 2.95. The monoisotopic (exact) mass is 385 g/mol. The van der Waals surface area contributed by atoms with Gasteiger partial charge in [-0.05, 0) is 34.3 Å². The smallest absolute Gasteiger partial charge is 0.244 e. The highest BCUT2D eigenvalue weighted by Gasteiger charge is 2.23. The molecule has 0 radical (unpaired) electrons. The van der Waals surface area contributed by atoms with Crippen molar-refractivity contribution in [2.24, 2.45) is 5.92 Å². The van der Waals surface area contributed by atoms with Gasteiger partial charge in [-0.2, -0.15) is 0 Å². The fourth-order valence-electron chi connectivity index (χ4n) is 2.56. The molecular formula is C13H16BrN5O2S. The summed E-state index contributed by atoms with van der Waals surface area (Å²) in [6, 6.07) is 1.46.